The van der Waals surface area contributed by atoms with Crippen LogP contribution in [0.25, 0.3) is 0 Å². The molecule has 106 valence electrons. The minimum Gasteiger partial charge on any atom is -0.313 e. The first-order valence-electron chi connectivity index (χ1n) is 7.74. The van der Waals surface area contributed by atoms with Crippen LogP contribution in [0.4, 0.5) is 0 Å². The fraction of sp³-hybridized carbons (Fsp3) is 1.00. The van der Waals surface area contributed by atoms with Crippen LogP contribution in [-0.4, -0.2) is 23.6 Å². The molecule has 2 heteroatoms. The Kier molecular flexibility index (Phi) is 4.70. The average molecular weight is 269 g/mol. The van der Waals surface area contributed by atoms with Crippen LogP contribution >= 0.6 is 11.8 Å². The van der Waals surface area contributed by atoms with Gasteiger partial charge >= 0.3 is 0 Å². The average Bonchev–Trinajstić information content (AvgIpc) is 2.28. The fourth-order valence-corrected chi connectivity index (χ4v) is 4.44. The van der Waals surface area contributed by atoms with Crippen LogP contribution in [0.5, 0.6) is 0 Å². The van der Waals surface area contributed by atoms with E-state index in [0.717, 1.165) is 12.0 Å². The second-order valence-corrected chi connectivity index (χ2v) is 8.81. The third kappa shape index (κ3) is 3.45. The van der Waals surface area contributed by atoms with Gasteiger partial charge < -0.3 is 5.32 Å². The number of thioether (sulfide) groups is 1. The summed E-state index contributed by atoms with van der Waals surface area (Å²) < 4.78 is 0.598. The van der Waals surface area contributed by atoms with Gasteiger partial charge in [0.1, 0.15) is 0 Å². The topological polar surface area (TPSA) is 12.0 Å². The van der Waals surface area contributed by atoms with Crippen LogP contribution in [0.2, 0.25) is 0 Å². The third-order valence-corrected chi connectivity index (χ3v) is 6.78. The highest BCUT2D eigenvalue weighted by molar-refractivity contribution is 8.00. The summed E-state index contributed by atoms with van der Waals surface area (Å²) in [6.07, 6.45) is 12.2. The lowest BCUT2D eigenvalue weighted by atomic mass is 9.71. The molecular formula is C16H31NS. The minimum atomic E-state index is 0.513. The monoisotopic (exact) mass is 269 g/mol. The first-order chi connectivity index (χ1) is 8.45. The van der Waals surface area contributed by atoms with Gasteiger partial charge in [-0.05, 0) is 56.1 Å². The molecule has 0 aliphatic heterocycles. The lowest BCUT2D eigenvalue weighted by molar-refractivity contribution is 0.157. The molecule has 0 spiro atoms. The minimum absolute atomic E-state index is 0.513. The highest BCUT2D eigenvalue weighted by Gasteiger charge is 2.37. The van der Waals surface area contributed by atoms with Crippen molar-refractivity contribution in [2.45, 2.75) is 76.5 Å². The van der Waals surface area contributed by atoms with Gasteiger partial charge in [-0.15, -0.1) is 0 Å². The molecule has 0 aromatic rings. The zero-order valence-electron chi connectivity index (χ0n) is 12.7. The van der Waals surface area contributed by atoms with Gasteiger partial charge in [0.15, 0.2) is 0 Å². The molecule has 1 nitrogen and oxygen atoms in total. The van der Waals surface area contributed by atoms with Crippen LogP contribution in [0.3, 0.4) is 0 Å². The number of hydrogen-bond acceptors (Lipinski definition) is 2. The van der Waals surface area contributed by atoms with E-state index in [1.165, 1.54) is 51.5 Å². The summed E-state index contributed by atoms with van der Waals surface area (Å²) in [5.41, 5.74) is 0.513. The summed E-state index contributed by atoms with van der Waals surface area (Å²) in [5, 5.41) is 3.87. The van der Waals surface area contributed by atoms with Crippen LogP contribution in [0.15, 0.2) is 0 Å². The SMILES string of the molecule is CSC1(CNC2CCC(C(C)(C)C)CC2)CCC1. The van der Waals surface area contributed by atoms with Crippen LogP contribution in [0.1, 0.15) is 65.7 Å². The second-order valence-electron chi connectivity index (χ2n) is 7.54. The summed E-state index contributed by atoms with van der Waals surface area (Å²) in [6, 6.07) is 0.799. The molecule has 0 heterocycles. The Balaban J connectivity index is 1.71. The van der Waals surface area contributed by atoms with E-state index in [0.29, 0.717) is 10.2 Å². The van der Waals surface area contributed by atoms with E-state index in [-0.39, 0.29) is 0 Å². The molecule has 0 radical (unpaired) electrons. The van der Waals surface area contributed by atoms with E-state index in [1.54, 1.807) is 0 Å². The van der Waals surface area contributed by atoms with Crippen molar-refractivity contribution in [1.29, 1.82) is 0 Å². The molecule has 0 aromatic heterocycles. The highest BCUT2D eigenvalue weighted by Crippen LogP contribution is 2.43. The summed E-state index contributed by atoms with van der Waals surface area (Å²) >= 11 is 2.09. The molecule has 0 aromatic carbocycles. The molecule has 0 atom stereocenters. The molecule has 2 rings (SSSR count). The van der Waals surface area contributed by atoms with E-state index < -0.39 is 0 Å². The Bertz CT molecular complexity index is 251. The molecular weight excluding hydrogens is 238 g/mol. The second kappa shape index (κ2) is 5.75. The quantitative estimate of drug-likeness (QED) is 0.808. The van der Waals surface area contributed by atoms with E-state index in [4.69, 9.17) is 0 Å². The van der Waals surface area contributed by atoms with E-state index >= 15 is 0 Å². The van der Waals surface area contributed by atoms with Gasteiger partial charge in [-0.2, -0.15) is 11.8 Å². The first-order valence-corrected chi connectivity index (χ1v) is 8.96. The van der Waals surface area contributed by atoms with Gasteiger partial charge in [0.05, 0.1) is 0 Å². The molecule has 0 bridgehead atoms. The van der Waals surface area contributed by atoms with Gasteiger partial charge in [0.2, 0.25) is 0 Å². The van der Waals surface area contributed by atoms with Crippen molar-refractivity contribution in [3.8, 4) is 0 Å². The zero-order chi connectivity index (χ0) is 13.2. The predicted molar refractivity (Wildman–Crippen MR) is 83.3 cm³/mol. The number of hydrogen-bond donors (Lipinski definition) is 1. The molecule has 0 amide bonds. The molecule has 2 aliphatic carbocycles. The first kappa shape index (κ1) is 14.7. The lowest BCUT2D eigenvalue weighted by Gasteiger charge is -2.43. The smallest absolute Gasteiger partial charge is 0.0281 e. The Hall–Kier alpha value is 0.310. The molecule has 2 fully saturated rings. The highest BCUT2D eigenvalue weighted by atomic mass is 32.2. The number of rotatable bonds is 4. The molecule has 18 heavy (non-hydrogen) atoms. The summed E-state index contributed by atoms with van der Waals surface area (Å²) in [6.45, 7) is 8.46. The summed E-state index contributed by atoms with van der Waals surface area (Å²) in [5.74, 6) is 0.939. The standard InChI is InChI=1S/C16H31NS/c1-15(2,3)13-6-8-14(9-7-13)17-12-16(18-4)10-5-11-16/h13-14,17H,5-12H2,1-4H3. The van der Waals surface area contributed by atoms with Crippen molar-refractivity contribution in [2.24, 2.45) is 11.3 Å². The summed E-state index contributed by atoms with van der Waals surface area (Å²) in [7, 11) is 0. The molecule has 0 unspecified atom stereocenters. The van der Waals surface area contributed by atoms with Crippen molar-refractivity contribution < 1.29 is 0 Å². The van der Waals surface area contributed by atoms with Crippen LogP contribution in [-0.2, 0) is 0 Å². The maximum absolute atomic E-state index is 3.87. The molecule has 0 saturated heterocycles. The van der Waals surface area contributed by atoms with Gasteiger partial charge in [-0.1, -0.05) is 27.2 Å². The fourth-order valence-electron chi connectivity index (χ4n) is 3.52. The van der Waals surface area contributed by atoms with E-state index in [1.807, 2.05) is 0 Å². The van der Waals surface area contributed by atoms with Gasteiger partial charge in [0.25, 0.3) is 0 Å². The Morgan fingerprint density at radius 3 is 2.11 bits per heavy atom. The van der Waals surface area contributed by atoms with Crippen LogP contribution in [0, 0.1) is 11.3 Å². The van der Waals surface area contributed by atoms with Crippen LogP contribution < -0.4 is 5.32 Å². The van der Waals surface area contributed by atoms with Crippen molar-refractivity contribution in [3.63, 3.8) is 0 Å². The Morgan fingerprint density at radius 1 is 1.11 bits per heavy atom. The van der Waals surface area contributed by atoms with Gasteiger partial charge in [-0.3, -0.25) is 0 Å². The van der Waals surface area contributed by atoms with Gasteiger partial charge in [-0.25, -0.2) is 0 Å². The number of nitrogens with one attached hydrogen (secondary N) is 1. The largest absolute Gasteiger partial charge is 0.313 e. The zero-order valence-corrected chi connectivity index (χ0v) is 13.5. The molecule has 2 aliphatic rings. The molecule has 2 saturated carbocycles. The maximum atomic E-state index is 3.87. The normalized spacial score (nSPS) is 32.0. The Labute approximate surface area is 118 Å². The lowest BCUT2D eigenvalue weighted by Crippen LogP contribution is -2.47. The van der Waals surface area contributed by atoms with E-state index in [9.17, 15) is 0 Å². The summed E-state index contributed by atoms with van der Waals surface area (Å²) in [4.78, 5) is 0. The van der Waals surface area contributed by atoms with Crippen molar-refractivity contribution in [1.82, 2.24) is 5.32 Å². The molecule has 1 N–H and O–H groups in total. The Morgan fingerprint density at radius 2 is 1.72 bits per heavy atom. The van der Waals surface area contributed by atoms with Gasteiger partial charge in [0, 0.05) is 17.3 Å². The maximum Gasteiger partial charge on any atom is 0.0281 e. The van der Waals surface area contributed by atoms with E-state index in [2.05, 4.69) is 44.1 Å². The van der Waals surface area contributed by atoms with Crippen molar-refractivity contribution in [3.05, 3.63) is 0 Å². The van der Waals surface area contributed by atoms with Crippen molar-refractivity contribution in [2.75, 3.05) is 12.8 Å². The predicted octanol–water partition coefficient (Wildman–Crippen LogP) is 4.47. The third-order valence-electron chi connectivity index (χ3n) is 5.36. The van der Waals surface area contributed by atoms with Crippen molar-refractivity contribution >= 4 is 11.8 Å².